The van der Waals surface area contributed by atoms with Crippen molar-refractivity contribution < 1.29 is 66.1 Å². The van der Waals surface area contributed by atoms with Gasteiger partial charge in [-0.3, -0.25) is 28.8 Å². The molecule has 9 aromatic rings. The van der Waals surface area contributed by atoms with Crippen LogP contribution in [-0.2, 0) is 52.8 Å². The molecule has 0 aliphatic rings. The number of benzene rings is 6. The number of aliphatic carboxylic acids is 1. The minimum absolute atomic E-state index is 0.0384. The quantitative estimate of drug-likeness (QED) is 0.0187. The fraction of sp³-hybridized carbons (Fsp3) is 0.319. The largest absolute Gasteiger partial charge is 0.497 e. The number of hydrogen-bond acceptors (Lipinski definition) is 13. The van der Waals surface area contributed by atoms with Gasteiger partial charge < -0.3 is 83.4 Å². The molecule has 0 saturated heterocycles. The molecular formula is C72H83F3N12O11. The number of amides is 6. The highest BCUT2D eigenvalue weighted by Gasteiger charge is 2.38. The molecule has 0 fully saturated rings. The van der Waals surface area contributed by atoms with Gasteiger partial charge in [-0.1, -0.05) is 36.4 Å². The zero-order valence-corrected chi connectivity index (χ0v) is 55.3. The van der Waals surface area contributed by atoms with Gasteiger partial charge in [-0.05, 0) is 203 Å². The zero-order valence-electron chi connectivity index (χ0n) is 55.3. The maximum absolute atomic E-state index is 14.1. The smallest absolute Gasteiger partial charge is 0.490 e. The summed E-state index contributed by atoms with van der Waals surface area (Å²) in [6, 6.07) is 36.5. The molecule has 0 aliphatic carbocycles. The number of carbonyl (C=O) groups is 7. The Morgan fingerprint density at radius 2 is 0.694 bits per heavy atom. The summed E-state index contributed by atoms with van der Waals surface area (Å²) < 4.78 is 48.1. The van der Waals surface area contributed by atoms with E-state index in [0.717, 1.165) is 83.2 Å². The van der Waals surface area contributed by atoms with Crippen LogP contribution in [0.3, 0.4) is 0 Å². The van der Waals surface area contributed by atoms with Gasteiger partial charge in [-0.2, -0.15) is 13.2 Å². The molecule has 16 N–H and O–H groups in total. The number of nitrogens with one attached hydrogen (secondary N) is 9. The van der Waals surface area contributed by atoms with Crippen molar-refractivity contribution in [2.75, 3.05) is 56.9 Å². The maximum atomic E-state index is 14.1. The molecule has 0 aliphatic heterocycles. The van der Waals surface area contributed by atoms with Gasteiger partial charge in [0.2, 0.25) is 35.4 Å². The van der Waals surface area contributed by atoms with Crippen LogP contribution in [0.4, 0.5) is 30.2 Å². The molecule has 0 spiro atoms. The number of carboxylic acid groups (broad SMARTS) is 1. The summed E-state index contributed by atoms with van der Waals surface area (Å²) >= 11 is 0. The van der Waals surface area contributed by atoms with E-state index in [9.17, 15) is 41.9 Å². The number of aromatic nitrogens is 3. The van der Waals surface area contributed by atoms with Crippen LogP contribution in [0.25, 0.3) is 32.7 Å². The Morgan fingerprint density at radius 1 is 0.439 bits per heavy atom. The van der Waals surface area contributed by atoms with E-state index in [-0.39, 0.29) is 37.0 Å². The first-order chi connectivity index (χ1) is 46.9. The molecule has 9 rings (SSSR count). The summed E-state index contributed by atoms with van der Waals surface area (Å²) in [6.07, 6.45) is -2.53. The number of nitrogens with two attached hydrogens (primary N) is 3. The number of halogens is 3. The third kappa shape index (κ3) is 19.1. The van der Waals surface area contributed by atoms with Crippen LogP contribution in [0.2, 0.25) is 0 Å². The summed E-state index contributed by atoms with van der Waals surface area (Å²) in [5.74, 6) is -3.35. The molecule has 0 unspecified atom stereocenters. The molecule has 0 saturated carbocycles. The molecule has 26 heteroatoms. The number of anilines is 3. The third-order valence-corrected chi connectivity index (χ3v) is 16.8. The number of aryl methyl sites for hydroxylation is 3. The number of carbonyl (C=O) groups excluding carboxylic acids is 6. The van der Waals surface area contributed by atoms with Gasteiger partial charge >= 0.3 is 12.1 Å². The van der Waals surface area contributed by atoms with E-state index in [1.807, 2.05) is 112 Å². The second-order valence-electron chi connectivity index (χ2n) is 23.7. The molecule has 3 heterocycles. The van der Waals surface area contributed by atoms with Gasteiger partial charge in [-0.15, -0.1) is 0 Å². The SMILES string of the molecule is COc1ccc2[nH]c(C)c(CC(=O)N[C@@H](CCCN)C(=O)Nc3ccc(C(c4ccc(NC(=O)[C@H](CCCN)NC(=O)Cc5c(C)[nH]c6ccc(OC)cc56)cc4)c4ccc(NC(=O)[C@H](CCCN)NC(=O)Cc5c(C)[nH]c6ccc(OC)cc56)cc4)cc3)c2c1.O=C(O)C(F)(F)F. The van der Waals surface area contributed by atoms with Crippen molar-refractivity contribution in [1.82, 2.24) is 30.9 Å². The average Bonchev–Trinajstić information content (AvgIpc) is 1.71. The molecular weight excluding hydrogens is 1270 g/mol. The lowest BCUT2D eigenvalue weighted by Crippen LogP contribution is -2.44. The predicted octanol–water partition coefficient (Wildman–Crippen LogP) is 9.11. The highest BCUT2D eigenvalue weighted by atomic mass is 19.4. The molecule has 6 amide bonds. The first kappa shape index (κ1) is 73.1. The number of ether oxygens (including phenoxy) is 3. The van der Waals surface area contributed by atoms with Crippen LogP contribution in [0, 0.1) is 20.8 Å². The van der Waals surface area contributed by atoms with E-state index in [1.165, 1.54) is 0 Å². The number of H-pyrrole nitrogens is 3. The number of rotatable bonds is 30. The minimum Gasteiger partial charge on any atom is -0.497 e. The first-order valence-electron chi connectivity index (χ1n) is 31.9. The molecule has 3 atom stereocenters. The Labute approximate surface area is 563 Å². The lowest BCUT2D eigenvalue weighted by atomic mass is 9.85. The predicted molar refractivity (Wildman–Crippen MR) is 370 cm³/mol. The molecule has 98 heavy (non-hydrogen) atoms. The van der Waals surface area contributed by atoms with Crippen molar-refractivity contribution >= 4 is 91.2 Å². The summed E-state index contributed by atoms with van der Waals surface area (Å²) in [5.41, 5.74) is 29.3. The minimum atomic E-state index is -5.08. The van der Waals surface area contributed by atoms with Crippen LogP contribution < -0.4 is 63.3 Å². The second-order valence-corrected chi connectivity index (χ2v) is 23.7. The highest BCUT2D eigenvalue weighted by molar-refractivity contribution is 6.01. The highest BCUT2D eigenvalue weighted by Crippen LogP contribution is 2.35. The van der Waals surface area contributed by atoms with Crippen LogP contribution >= 0.6 is 0 Å². The number of fused-ring (bicyclic) bond motifs is 3. The monoisotopic (exact) mass is 1350 g/mol. The third-order valence-electron chi connectivity index (χ3n) is 16.8. The number of methoxy groups -OCH3 is 3. The molecule has 3 aromatic heterocycles. The van der Waals surface area contributed by atoms with Gasteiger partial charge in [-0.25, -0.2) is 4.79 Å². The Hall–Kier alpha value is -10.7. The van der Waals surface area contributed by atoms with E-state index in [2.05, 4.69) is 46.9 Å². The Bertz CT molecular complexity index is 3870. The molecule has 0 bridgehead atoms. The van der Waals surface area contributed by atoms with Crippen LogP contribution in [-0.4, -0.2) is 127 Å². The van der Waals surface area contributed by atoms with Crippen molar-refractivity contribution in [3.63, 3.8) is 0 Å². The molecule has 6 aromatic carbocycles. The lowest BCUT2D eigenvalue weighted by molar-refractivity contribution is -0.192. The molecule has 23 nitrogen and oxygen atoms in total. The average molecular weight is 1350 g/mol. The van der Waals surface area contributed by atoms with E-state index < -0.39 is 53.9 Å². The Kier molecular flexibility index (Phi) is 25.2. The van der Waals surface area contributed by atoms with Crippen molar-refractivity contribution in [3.05, 3.63) is 178 Å². The van der Waals surface area contributed by atoms with Gasteiger partial charge in [0, 0.05) is 72.8 Å². The summed E-state index contributed by atoms with van der Waals surface area (Å²) in [5, 5.41) is 27.6. The number of hydrogen-bond donors (Lipinski definition) is 13. The van der Waals surface area contributed by atoms with Crippen molar-refractivity contribution in [1.29, 1.82) is 0 Å². The van der Waals surface area contributed by atoms with Crippen LogP contribution in [0.5, 0.6) is 17.2 Å². The molecule has 518 valence electrons. The van der Waals surface area contributed by atoms with Crippen molar-refractivity contribution in [3.8, 4) is 17.2 Å². The maximum Gasteiger partial charge on any atom is 0.490 e. The summed E-state index contributed by atoms with van der Waals surface area (Å²) in [4.78, 5) is 102. The van der Waals surface area contributed by atoms with Gasteiger partial charge in [0.15, 0.2) is 0 Å². The van der Waals surface area contributed by atoms with Crippen LogP contribution in [0.1, 0.15) is 94.9 Å². The normalized spacial score (nSPS) is 12.3. The topological polar surface area (TPSA) is 365 Å². The van der Waals surface area contributed by atoms with Gasteiger partial charge in [0.25, 0.3) is 0 Å². The Morgan fingerprint density at radius 3 is 0.918 bits per heavy atom. The number of aromatic amines is 3. The summed E-state index contributed by atoms with van der Waals surface area (Å²) in [6.45, 7) is 6.70. The lowest BCUT2D eigenvalue weighted by Gasteiger charge is -2.22. The summed E-state index contributed by atoms with van der Waals surface area (Å²) in [7, 11) is 4.77. The zero-order chi connectivity index (χ0) is 70.8. The van der Waals surface area contributed by atoms with Crippen molar-refractivity contribution in [2.45, 2.75) is 109 Å². The molecule has 0 radical (unpaired) electrons. The fourth-order valence-corrected chi connectivity index (χ4v) is 11.7. The first-order valence-corrected chi connectivity index (χ1v) is 31.9. The second kappa shape index (κ2) is 33.8. The van der Waals surface area contributed by atoms with Gasteiger partial charge in [0.1, 0.15) is 35.4 Å². The Balaban J connectivity index is 0.00000166. The van der Waals surface area contributed by atoms with Gasteiger partial charge in [0.05, 0.1) is 40.6 Å². The van der Waals surface area contributed by atoms with E-state index in [4.69, 9.17) is 41.3 Å². The number of carboxylic acids is 1. The van der Waals surface area contributed by atoms with Crippen molar-refractivity contribution in [2.24, 2.45) is 17.2 Å². The standard InChI is InChI=1S/C70H82N12O9.C2HF3O2/c1-40-52(55-34-49(89-4)25-28-58(55)74-40)37-64(83)80-61(10-7-31-71)68(86)77-46-19-13-43(14-20-46)67(44-15-21-47(22-16-44)78-69(87)62(11-8-32-72)81-65(84)38-53-41(2)75-59-29-26-50(90-5)35-56(53)59)45-17-23-48(24-18-45)79-70(88)63(12-9-33-73)82-66(85)39-54-42(3)76-60-30-27-51(91-6)36-57(54)60;3-2(4,5)1(6)7/h13-30,34-36,61-63,67,74-76H,7-12,31-33,37-39,71-73H2,1-6H3,(H,77,86)(H,78,87)(H,79,88)(H,80,83)(H,81,84)(H,82,85);(H,6,7)/t61-,62-,63-;/m0./s1. The van der Waals surface area contributed by atoms with E-state index in [1.54, 1.807) is 57.7 Å². The van der Waals surface area contributed by atoms with E-state index in [0.29, 0.717) is 92.5 Å². The van der Waals surface area contributed by atoms with Crippen LogP contribution in [0.15, 0.2) is 127 Å². The van der Waals surface area contributed by atoms with E-state index >= 15 is 0 Å². The fourth-order valence-electron chi connectivity index (χ4n) is 11.7. The number of alkyl halides is 3.